The van der Waals surface area contributed by atoms with E-state index in [9.17, 15) is 8.42 Å². The average Bonchev–Trinajstić information content (AvgIpc) is 2.36. The summed E-state index contributed by atoms with van der Waals surface area (Å²) in [5.41, 5.74) is 0.773. The molecule has 106 valence electrons. The highest BCUT2D eigenvalue weighted by molar-refractivity contribution is 7.91. The zero-order valence-corrected chi connectivity index (χ0v) is 12.5. The second-order valence-corrected chi connectivity index (χ2v) is 7.40. The Morgan fingerprint density at radius 2 is 2.16 bits per heavy atom. The molecular formula is C14H21NO3S. The Hall–Kier alpha value is -1.23. The fourth-order valence-corrected chi connectivity index (χ4v) is 3.79. The van der Waals surface area contributed by atoms with Crippen LogP contribution in [0.15, 0.2) is 23.1 Å². The number of sulfone groups is 1. The Balaban J connectivity index is 2.28. The molecule has 5 heteroatoms. The predicted molar refractivity (Wildman–Crippen MR) is 76.5 cm³/mol. The van der Waals surface area contributed by atoms with Gasteiger partial charge in [-0.3, -0.25) is 0 Å². The molecule has 4 nitrogen and oxygen atoms in total. The molecule has 0 fully saturated rings. The fraction of sp³-hybridized carbons (Fsp3) is 0.571. The quantitative estimate of drug-likeness (QED) is 0.923. The van der Waals surface area contributed by atoms with E-state index in [0.29, 0.717) is 4.90 Å². The van der Waals surface area contributed by atoms with Crippen molar-refractivity contribution in [1.82, 2.24) is 0 Å². The summed E-state index contributed by atoms with van der Waals surface area (Å²) in [6.45, 7) is 6.60. The first-order valence-corrected chi connectivity index (χ1v) is 8.35. The standard InChI is InChI=1S/C14H21NO3S/c1-4-11-8-15-13-7-12(5-6-14(13)18-11)19(16,17)9-10(2)3/h5-7,10-11,15H,4,8-9H2,1-3H3. The molecule has 1 aromatic carbocycles. The average molecular weight is 283 g/mol. The third-order valence-corrected chi connectivity index (χ3v) is 5.21. The highest BCUT2D eigenvalue weighted by atomic mass is 32.2. The van der Waals surface area contributed by atoms with Crippen LogP contribution in [0.25, 0.3) is 0 Å². The van der Waals surface area contributed by atoms with Crippen LogP contribution < -0.4 is 10.1 Å². The van der Waals surface area contributed by atoms with Crippen LogP contribution in [0.3, 0.4) is 0 Å². The molecule has 1 heterocycles. The van der Waals surface area contributed by atoms with Gasteiger partial charge in [-0.05, 0) is 30.5 Å². The molecule has 1 aromatic rings. The van der Waals surface area contributed by atoms with Crippen molar-refractivity contribution in [2.45, 2.75) is 38.2 Å². The van der Waals surface area contributed by atoms with E-state index < -0.39 is 9.84 Å². The maximum absolute atomic E-state index is 12.2. The van der Waals surface area contributed by atoms with Crippen LogP contribution in [-0.4, -0.2) is 26.8 Å². The molecule has 0 bridgehead atoms. The Morgan fingerprint density at radius 1 is 1.42 bits per heavy atom. The minimum absolute atomic E-state index is 0.120. The molecule has 0 aromatic heterocycles. The number of anilines is 1. The number of hydrogen-bond acceptors (Lipinski definition) is 4. The van der Waals surface area contributed by atoms with Crippen LogP contribution in [0.4, 0.5) is 5.69 Å². The number of fused-ring (bicyclic) bond motifs is 1. The monoisotopic (exact) mass is 283 g/mol. The molecule has 1 N–H and O–H groups in total. The Labute approximate surface area is 115 Å². The number of benzene rings is 1. The summed E-state index contributed by atoms with van der Waals surface area (Å²) in [5, 5.41) is 3.24. The second kappa shape index (κ2) is 5.41. The number of hydrogen-bond donors (Lipinski definition) is 1. The largest absolute Gasteiger partial charge is 0.486 e. The summed E-state index contributed by atoms with van der Waals surface area (Å²) in [6, 6.07) is 5.06. The van der Waals surface area contributed by atoms with Crippen molar-refractivity contribution >= 4 is 15.5 Å². The lowest BCUT2D eigenvalue weighted by Crippen LogP contribution is -2.30. The topological polar surface area (TPSA) is 55.4 Å². The molecular weight excluding hydrogens is 262 g/mol. The molecule has 0 spiro atoms. The molecule has 1 atom stereocenters. The molecule has 1 aliphatic rings. The van der Waals surface area contributed by atoms with E-state index in [1.807, 2.05) is 13.8 Å². The van der Waals surface area contributed by atoms with Gasteiger partial charge in [0.2, 0.25) is 0 Å². The molecule has 0 aliphatic carbocycles. The van der Waals surface area contributed by atoms with E-state index in [1.54, 1.807) is 18.2 Å². The molecule has 0 radical (unpaired) electrons. The highest BCUT2D eigenvalue weighted by Crippen LogP contribution is 2.32. The summed E-state index contributed by atoms with van der Waals surface area (Å²) in [6.07, 6.45) is 1.09. The van der Waals surface area contributed by atoms with Crippen LogP contribution >= 0.6 is 0 Å². The fourth-order valence-electron chi connectivity index (χ4n) is 2.15. The van der Waals surface area contributed by atoms with Crippen molar-refractivity contribution in [3.05, 3.63) is 18.2 Å². The van der Waals surface area contributed by atoms with Gasteiger partial charge in [-0.15, -0.1) is 0 Å². The smallest absolute Gasteiger partial charge is 0.178 e. The number of ether oxygens (including phenoxy) is 1. The Morgan fingerprint density at radius 3 is 2.79 bits per heavy atom. The van der Waals surface area contributed by atoms with Gasteiger partial charge in [-0.2, -0.15) is 0 Å². The summed E-state index contributed by atoms with van der Waals surface area (Å²) in [5.74, 6) is 1.03. The van der Waals surface area contributed by atoms with Crippen molar-refractivity contribution < 1.29 is 13.2 Å². The minimum atomic E-state index is -3.21. The molecule has 0 amide bonds. The first-order chi connectivity index (χ1) is 8.92. The van der Waals surface area contributed by atoms with E-state index in [2.05, 4.69) is 12.2 Å². The summed E-state index contributed by atoms with van der Waals surface area (Å²) in [7, 11) is -3.21. The van der Waals surface area contributed by atoms with Crippen LogP contribution in [-0.2, 0) is 9.84 Å². The lowest BCUT2D eigenvalue weighted by atomic mass is 10.2. The predicted octanol–water partition coefficient (Wildman–Crippen LogP) is 2.70. The zero-order chi connectivity index (χ0) is 14.0. The summed E-state index contributed by atoms with van der Waals surface area (Å²) < 4.78 is 30.1. The van der Waals surface area contributed by atoms with Gasteiger partial charge in [0.1, 0.15) is 11.9 Å². The minimum Gasteiger partial charge on any atom is -0.486 e. The van der Waals surface area contributed by atoms with E-state index in [0.717, 1.165) is 24.4 Å². The molecule has 2 rings (SSSR count). The summed E-state index contributed by atoms with van der Waals surface area (Å²) in [4.78, 5) is 0.367. The van der Waals surface area contributed by atoms with Gasteiger partial charge in [0.25, 0.3) is 0 Å². The van der Waals surface area contributed by atoms with E-state index in [-0.39, 0.29) is 17.8 Å². The maximum Gasteiger partial charge on any atom is 0.178 e. The van der Waals surface area contributed by atoms with Gasteiger partial charge in [0.15, 0.2) is 9.84 Å². The lowest BCUT2D eigenvalue weighted by molar-refractivity contribution is 0.201. The molecule has 1 aliphatic heterocycles. The normalized spacial score (nSPS) is 18.6. The van der Waals surface area contributed by atoms with Gasteiger partial charge in [0.05, 0.1) is 22.9 Å². The van der Waals surface area contributed by atoms with Crippen LogP contribution in [0, 0.1) is 5.92 Å². The highest BCUT2D eigenvalue weighted by Gasteiger charge is 2.22. The van der Waals surface area contributed by atoms with Crippen molar-refractivity contribution in [3.63, 3.8) is 0 Å². The van der Waals surface area contributed by atoms with E-state index in [4.69, 9.17) is 4.74 Å². The van der Waals surface area contributed by atoms with Crippen molar-refractivity contribution in [1.29, 1.82) is 0 Å². The SMILES string of the molecule is CCC1CNc2cc(S(=O)(=O)CC(C)C)ccc2O1. The molecule has 1 unspecified atom stereocenters. The summed E-state index contributed by atoms with van der Waals surface area (Å²) >= 11 is 0. The second-order valence-electron chi connectivity index (χ2n) is 5.36. The molecule has 0 saturated heterocycles. The van der Waals surface area contributed by atoms with Crippen LogP contribution in [0.2, 0.25) is 0 Å². The van der Waals surface area contributed by atoms with Crippen LogP contribution in [0.1, 0.15) is 27.2 Å². The lowest BCUT2D eigenvalue weighted by Gasteiger charge is -2.27. The van der Waals surface area contributed by atoms with Gasteiger partial charge >= 0.3 is 0 Å². The number of rotatable bonds is 4. The van der Waals surface area contributed by atoms with Gasteiger partial charge in [-0.1, -0.05) is 20.8 Å². The first-order valence-electron chi connectivity index (χ1n) is 6.69. The number of nitrogens with one attached hydrogen (secondary N) is 1. The molecule has 19 heavy (non-hydrogen) atoms. The van der Waals surface area contributed by atoms with Crippen molar-refractivity contribution in [3.8, 4) is 5.75 Å². The van der Waals surface area contributed by atoms with E-state index in [1.165, 1.54) is 0 Å². The Kier molecular flexibility index (Phi) is 4.04. The molecule has 0 saturated carbocycles. The third kappa shape index (κ3) is 3.21. The third-order valence-electron chi connectivity index (χ3n) is 3.13. The van der Waals surface area contributed by atoms with Crippen molar-refractivity contribution in [2.75, 3.05) is 17.6 Å². The van der Waals surface area contributed by atoms with Gasteiger partial charge in [0, 0.05) is 0 Å². The first kappa shape index (κ1) is 14.2. The van der Waals surface area contributed by atoms with Crippen molar-refractivity contribution in [2.24, 2.45) is 5.92 Å². The van der Waals surface area contributed by atoms with Gasteiger partial charge < -0.3 is 10.1 Å². The van der Waals surface area contributed by atoms with E-state index >= 15 is 0 Å². The Bertz CT molecular complexity index is 552. The maximum atomic E-state index is 12.2. The van der Waals surface area contributed by atoms with Crippen LogP contribution in [0.5, 0.6) is 5.75 Å². The van der Waals surface area contributed by atoms with Gasteiger partial charge in [-0.25, -0.2) is 8.42 Å². The zero-order valence-electron chi connectivity index (χ0n) is 11.6.